The Morgan fingerprint density at radius 1 is 1.21 bits per heavy atom. The molecule has 1 aliphatic rings. The molecule has 1 heterocycles. The van der Waals surface area contributed by atoms with Crippen LogP contribution in [-0.4, -0.2) is 29.7 Å². The number of hydrogen-bond donors (Lipinski definition) is 0. The first kappa shape index (κ1) is 14.1. The second kappa shape index (κ2) is 6.22. The van der Waals surface area contributed by atoms with Crippen molar-refractivity contribution in [1.82, 2.24) is 4.90 Å². The number of hydrogen-bond acceptors (Lipinski definition) is 2. The Bertz CT molecular complexity index is 530. The van der Waals surface area contributed by atoms with E-state index in [0.717, 1.165) is 0 Å². The van der Waals surface area contributed by atoms with E-state index in [9.17, 15) is 9.59 Å². The third-order valence-electron chi connectivity index (χ3n) is 3.02. The first-order valence-corrected chi connectivity index (χ1v) is 6.76. The van der Waals surface area contributed by atoms with E-state index in [2.05, 4.69) is 0 Å². The molecule has 0 saturated carbocycles. The Kier molecular flexibility index (Phi) is 4.61. The maximum absolute atomic E-state index is 11.9. The lowest BCUT2D eigenvalue weighted by atomic mass is 10.1. The predicted molar refractivity (Wildman–Crippen MR) is 76.3 cm³/mol. The average molecular weight is 298 g/mol. The molecule has 0 spiro atoms. The number of carbonyl (C=O) groups is 2. The van der Waals surface area contributed by atoms with Gasteiger partial charge >= 0.3 is 0 Å². The van der Waals surface area contributed by atoms with E-state index in [1.165, 1.54) is 6.08 Å². The summed E-state index contributed by atoms with van der Waals surface area (Å²) in [6, 6.07) is 5.26. The maximum atomic E-state index is 11.9. The van der Waals surface area contributed by atoms with Gasteiger partial charge in [0.1, 0.15) is 5.78 Å². The Hall–Kier alpha value is -1.32. The van der Waals surface area contributed by atoms with Crippen LogP contribution in [0.2, 0.25) is 10.0 Å². The summed E-state index contributed by atoms with van der Waals surface area (Å²) in [5, 5.41) is 0.891. The molecular weight excluding hydrogens is 285 g/mol. The number of ketones is 1. The first-order chi connectivity index (χ1) is 9.08. The maximum Gasteiger partial charge on any atom is 0.246 e. The number of rotatable bonds is 2. The van der Waals surface area contributed by atoms with Gasteiger partial charge in [0.15, 0.2) is 0 Å². The van der Waals surface area contributed by atoms with Crippen molar-refractivity contribution in [2.75, 3.05) is 13.1 Å². The van der Waals surface area contributed by atoms with Crippen LogP contribution in [0.3, 0.4) is 0 Å². The molecule has 3 nitrogen and oxygen atoms in total. The van der Waals surface area contributed by atoms with E-state index in [1.54, 1.807) is 29.2 Å². The second-order valence-electron chi connectivity index (χ2n) is 4.34. The zero-order chi connectivity index (χ0) is 13.8. The zero-order valence-electron chi connectivity index (χ0n) is 10.2. The number of halogens is 2. The third kappa shape index (κ3) is 3.58. The molecule has 1 amide bonds. The molecule has 0 radical (unpaired) electrons. The summed E-state index contributed by atoms with van der Waals surface area (Å²) in [5.74, 6) is 0.106. The van der Waals surface area contributed by atoms with Gasteiger partial charge < -0.3 is 4.90 Å². The van der Waals surface area contributed by atoms with Crippen LogP contribution in [0.25, 0.3) is 6.08 Å². The monoisotopic (exact) mass is 297 g/mol. The summed E-state index contributed by atoms with van der Waals surface area (Å²) >= 11 is 11.9. The van der Waals surface area contributed by atoms with Crippen LogP contribution < -0.4 is 0 Å². The number of piperidine rings is 1. The van der Waals surface area contributed by atoms with Crippen LogP contribution in [-0.2, 0) is 9.59 Å². The molecule has 1 aromatic carbocycles. The molecule has 100 valence electrons. The highest BCUT2D eigenvalue weighted by molar-refractivity contribution is 6.42. The lowest BCUT2D eigenvalue weighted by molar-refractivity contribution is -0.130. The lowest BCUT2D eigenvalue weighted by Gasteiger charge is -2.24. The van der Waals surface area contributed by atoms with Gasteiger partial charge in [-0.25, -0.2) is 0 Å². The summed E-state index contributed by atoms with van der Waals surface area (Å²) in [5.41, 5.74) is 0.704. The molecule has 0 atom stereocenters. The summed E-state index contributed by atoms with van der Waals surface area (Å²) in [6.07, 6.45) is 4.00. The van der Waals surface area contributed by atoms with Crippen molar-refractivity contribution in [1.29, 1.82) is 0 Å². The Labute approximate surface area is 121 Å². The highest BCUT2D eigenvalue weighted by atomic mass is 35.5. The van der Waals surface area contributed by atoms with Crippen molar-refractivity contribution in [2.24, 2.45) is 0 Å². The SMILES string of the molecule is O=C1CCN(C(=O)/C=C/c2cccc(Cl)c2Cl)CC1. The largest absolute Gasteiger partial charge is 0.338 e. The van der Waals surface area contributed by atoms with Crippen LogP contribution >= 0.6 is 23.2 Å². The highest BCUT2D eigenvalue weighted by Gasteiger charge is 2.18. The number of Topliss-reactive ketones (excluding diaryl/α,β-unsaturated/α-hetero) is 1. The van der Waals surface area contributed by atoms with E-state index >= 15 is 0 Å². The molecule has 2 rings (SSSR count). The van der Waals surface area contributed by atoms with Crippen LogP contribution in [0.5, 0.6) is 0 Å². The van der Waals surface area contributed by atoms with Crippen molar-refractivity contribution >= 4 is 41.0 Å². The van der Waals surface area contributed by atoms with Gasteiger partial charge in [-0.2, -0.15) is 0 Å². The van der Waals surface area contributed by atoms with Gasteiger partial charge in [-0.05, 0) is 17.7 Å². The second-order valence-corrected chi connectivity index (χ2v) is 5.13. The van der Waals surface area contributed by atoms with Crippen LogP contribution in [0.1, 0.15) is 18.4 Å². The van der Waals surface area contributed by atoms with Crippen LogP contribution in [0, 0.1) is 0 Å². The molecule has 1 aliphatic heterocycles. The lowest BCUT2D eigenvalue weighted by Crippen LogP contribution is -2.37. The van der Waals surface area contributed by atoms with Gasteiger partial charge in [0.05, 0.1) is 10.0 Å². The fraction of sp³-hybridized carbons (Fsp3) is 0.286. The van der Waals surface area contributed by atoms with Gasteiger partial charge in [0.25, 0.3) is 0 Å². The van der Waals surface area contributed by atoms with Crippen LogP contribution in [0.4, 0.5) is 0 Å². The van der Waals surface area contributed by atoms with Crippen molar-refractivity contribution < 1.29 is 9.59 Å². The average Bonchev–Trinajstić information content (AvgIpc) is 2.41. The van der Waals surface area contributed by atoms with Crippen molar-refractivity contribution in [2.45, 2.75) is 12.8 Å². The van der Waals surface area contributed by atoms with Gasteiger partial charge in [-0.15, -0.1) is 0 Å². The summed E-state index contributed by atoms with van der Waals surface area (Å²) in [7, 11) is 0. The smallest absolute Gasteiger partial charge is 0.246 e. The fourth-order valence-corrected chi connectivity index (χ4v) is 2.26. The molecule has 0 unspecified atom stereocenters. The number of likely N-dealkylation sites (tertiary alicyclic amines) is 1. The normalized spacial score (nSPS) is 16.1. The van der Waals surface area contributed by atoms with Gasteiger partial charge in [-0.1, -0.05) is 35.3 Å². The minimum absolute atomic E-state index is 0.108. The molecule has 19 heavy (non-hydrogen) atoms. The molecule has 0 aliphatic carbocycles. The van der Waals surface area contributed by atoms with Crippen molar-refractivity contribution in [3.63, 3.8) is 0 Å². The molecule has 0 N–H and O–H groups in total. The molecular formula is C14H13Cl2NO2. The topological polar surface area (TPSA) is 37.4 Å². The van der Waals surface area contributed by atoms with E-state index in [4.69, 9.17) is 23.2 Å². The summed E-state index contributed by atoms with van der Waals surface area (Å²) < 4.78 is 0. The number of nitrogens with zero attached hydrogens (tertiary/aromatic N) is 1. The number of amides is 1. The summed E-state index contributed by atoms with van der Waals surface area (Å²) in [6.45, 7) is 0.983. The molecule has 0 bridgehead atoms. The Morgan fingerprint density at radius 3 is 2.58 bits per heavy atom. The minimum Gasteiger partial charge on any atom is -0.338 e. The molecule has 1 saturated heterocycles. The Morgan fingerprint density at radius 2 is 1.89 bits per heavy atom. The van der Waals surface area contributed by atoms with Crippen molar-refractivity contribution in [3.8, 4) is 0 Å². The van der Waals surface area contributed by atoms with Gasteiger partial charge in [0, 0.05) is 32.0 Å². The summed E-state index contributed by atoms with van der Waals surface area (Å²) in [4.78, 5) is 24.7. The Balaban J connectivity index is 2.04. The standard InChI is InChI=1S/C14H13Cl2NO2/c15-12-3-1-2-10(14(12)16)4-5-13(19)17-8-6-11(18)7-9-17/h1-5H,6-9H2/b5-4+. The number of benzene rings is 1. The van der Waals surface area contributed by atoms with E-state index in [-0.39, 0.29) is 11.7 Å². The van der Waals surface area contributed by atoms with Crippen molar-refractivity contribution in [3.05, 3.63) is 39.9 Å². The fourth-order valence-electron chi connectivity index (χ4n) is 1.89. The first-order valence-electron chi connectivity index (χ1n) is 6.00. The molecule has 1 fully saturated rings. The minimum atomic E-state index is -0.108. The predicted octanol–water partition coefficient (Wildman–Crippen LogP) is 3.20. The van der Waals surface area contributed by atoms with E-state index < -0.39 is 0 Å². The quantitative estimate of drug-likeness (QED) is 0.786. The highest BCUT2D eigenvalue weighted by Crippen LogP contribution is 2.26. The third-order valence-corrected chi connectivity index (χ3v) is 3.85. The van der Waals surface area contributed by atoms with E-state index in [0.29, 0.717) is 41.5 Å². The van der Waals surface area contributed by atoms with E-state index in [1.807, 2.05) is 0 Å². The van der Waals surface area contributed by atoms with Gasteiger partial charge in [0.2, 0.25) is 5.91 Å². The molecule has 1 aromatic rings. The van der Waals surface area contributed by atoms with Gasteiger partial charge in [-0.3, -0.25) is 9.59 Å². The number of carbonyl (C=O) groups excluding carboxylic acids is 2. The zero-order valence-corrected chi connectivity index (χ0v) is 11.7. The van der Waals surface area contributed by atoms with Crippen LogP contribution in [0.15, 0.2) is 24.3 Å². The molecule has 0 aromatic heterocycles. The molecule has 5 heteroatoms.